The second kappa shape index (κ2) is 4.03. The number of carbonyl (C=O) groups is 1. The molecule has 2 fully saturated rings. The number of hydrogen-bond donors (Lipinski definition) is 1. The van der Waals surface area contributed by atoms with Crippen LogP contribution in [-0.4, -0.2) is 56.5 Å². The van der Waals surface area contributed by atoms with Crippen LogP contribution in [-0.2, 0) is 23.3 Å². The molecule has 16 heavy (non-hydrogen) atoms. The van der Waals surface area contributed by atoms with Crippen LogP contribution in [0.1, 0.15) is 0 Å². The summed E-state index contributed by atoms with van der Waals surface area (Å²) in [5, 5.41) is 0. The monoisotopic (exact) mass is 248 g/mol. The van der Waals surface area contributed by atoms with Gasteiger partial charge in [0.2, 0.25) is 0 Å². The number of rotatable bonds is 3. The Bertz CT molecular complexity index is 342. The molecule has 0 amide bonds. The van der Waals surface area contributed by atoms with Crippen LogP contribution < -0.4 is 0 Å². The van der Waals surface area contributed by atoms with Crippen molar-refractivity contribution in [3.8, 4) is 0 Å². The van der Waals surface area contributed by atoms with E-state index in [1.54, 1.807) is 0 Å². The summed E-state index contributed by atoms with van der Waals surface area (Å²) in [5.74, 6) is 0. The molecule has 0 bridgehead atoms. The topological polar surface area (TPSA) is 91.3 Å². The molecule has 1 N–H and O–H groups in total. The minimum Gasteiger partial charge on any atom is -0.425 e. The zero-order chi connectivity index (χ0) is 11.9. The minimum absolute atomic E-state index is 0.185. The average Bonchev–Trinajstić information content (AvgIpc) is 2.62. The molecule has 2 aliphatic rings. The van der Waals surface area contributed by atoms with E-state index in [4.69, 9.17) is 27.0 Å². The Balaban J connectivity index is 1.96. The molecule has 88 valence electrons. The van der Waals surface area contributed by atoms with Gasteiger partial charge in [-0.1, -0.05) is 0 Å². The van der Waals surface area contributed by atoms with Gasteiger partial charge in [0, 0.05) is 6.66 Å². The van der Waals surface area contributed by atoms with E-state index in [-0.39, 0.29) is 6.61 Å². The second-order valence-electron chi connectivity index (χ2n) is 3.65. The molecule has 0 saturated carbocycles. The standard InChI is InChI=1S/C7H10BO7P/c1-16(10,11)12-2-3-4-5(6(8)13-3)15-7(9)14-4/h3-6H,2H2,1H3,(H,10,11). The molecule has 0 aliphatic carbocycles. The molecule has 0 aromatic rings. The normalized spacial score (nSPS) is 41.0. The fourth-order valence-corrected chi connectivity index (χ4v) is 2.05. The predicted octanol–water partition coefficient (Wildman–Crippen LogP) is -0.384. The maximum Gasteiger partial charge on any atom is 0.509 e. The Morgan fingerprint density at radius 2 is 2.12 bits per heavy atom. The van der Waals surface area contributed by atoms with Gasteiger partial charge in [-0.3, -0.25) is 4.57 Å². The van der Waals surface area contributed by atoms with E-state index < -0.39 is 38.1 Å². The van der Waals surface area contributed by atoms with Crippen LogP contribution >= 0.6 is 7.60 Å². The van der Waals surface area contributed by atoms with Crippen molar-refractivity contribution >= 4 is 21.6 Å². The molecule has 5 unspecified atom stereocenters. The predicted molar refractivity (Wildman–Crippen MR) is 51.3 cm³/mol. The third-order valence-electron chi connectivity index (χ3n) is 2.29. The molecule has 5 atom stereocenters. The summed E-state index contributed by atoms with van der Waals surface area (Å²) in [5.41, 5.74) is 0. The summed E-state index contributed by atoms with van der Waals surface area (Å²) in [6.45, 7) is 0.867. The molecule has 2 aliphatic heterocycles. The Labute approximate surface area is 92.9 Å². The van der Waals surface area contributed by atoms with Gasteiger partial charge in [-0.15, -0.1) is 0 Å². The van der Waals surface area contributed by atoms with Gasteiger partial charge in [0.1, 0.15) is 14.0 Å². The van der Waals surface area contributed by atoms with E-state index >= 15 is 0 Å². The van der Waals surface area contributed by atoms with Gasteiger partial charge >= 0.3 is 13.8 Å². The Hall–Kier alpha value is -0.555. The van der Waals surface area contributed by atoms with Crippen LogP contribution in [0.5, 0.6) is 0 Å². The fourth-order valence-electron chi connectivity index (χ4n) is 1.63. The third kappa shape index (κ3) is 2.40. The van der Waals surface area contributed by atoms with Gasteiger partial charge in [0.25, 0.3) is 0 Å². The molecule has 0 spiro atoms. The van der Waals surface area contributed by atoms with Crippen LogP contribution in [0.4, 0.5) is 4.79 Å². The minimum atomic E-state index is -3.59. The molecule has 0 aromatic carbocycles. The molecule has 2 heterocycles. The summed E-state index contributed by atoms with van der Waals surface area (Å²) in [6.07, 6.45) is -2.88. The first-order valence-corrected chi connectivity index (χ1v) is 6.62. The van der Waals surface area contributed by atoms with Gasteiger partial charge in [-0.2, -0.15) is 0 Å². The average molecular weight is 248 g/mol. The lowest BCUT2D eigenvalue weighted by Crippen LogP contribution is -2.31. The quantitative estimate of drug-likeness (QED) is 0.413. The number of carbonyl (C=O) groups excluding carboxylic acids is 1. The van der Waals surface area contributed by atoms with Crippen LogP contribution in [0.25, 0.3) is 0 Å². The largest absolute Gasteiger partial charge is 0.509 e. The lowest BCUT2D eigenvalue weighted by atomic mass is 9.93. The van der Waals surface area contributed by atoms with Crippen molar-refractivity contribution in [2.45, 2.75) is 24.3 Å². The maximum absolute atomic E-state index is 10.9. The summed E-state index contributed by atoms with van der Waals surface area (Å²) in [7, 11) is 1.95. The summed E-state index contributed by atoms with van der Waals surface area (Å²) >= 11 is 0. The maximum atomic E-state index is 10.9. The fraction of sp³-hybridized carbons (Fsp3) is 0.857. The highest BCUT2D eigenvalue weighted by Crippen LogP contribution is 2.39. The second-order valence-corrected chi connectivity index (χ2v) is 5.52. The highest BCUT2D eigenvalue weighted by Gasteiger charge is 2.52. The summed E-state index contributed by atoms with van der Waals surface area (Å²) < 4.78 is 30.4. The van der Waals surface area contributed by atoms with Crippen molar-refractivity contribution < 1.29 is 33.0 Å². The van der Waals surface area contributed by atoms with Crippen molar-refractivity contribution in [3.63, 3.8) is 0 Å². The van der Waals surface area contributed by atoms with Gasteiger partial charge in [0.15, 0.2) is 12.2 Å². The van der Waals surface area contributed by atoms with E-state index in [0.29, 0.717) is 0 Å². The third-order valence-corrected chi connectivity index (χ3v) is 2.92. The van der Waals surface area contributed by atoms with Gasteiger partial charge in [-0.05, 0) is 0 Å². The van der Waals surface area contributed by atoms with E-state index in [1.807, 2.05) is 0 Å². The van der Waals surface area contributed by atoms with Crippen LogP contribution in [0.2, 0.25) is 0 Å². The van der Waals surface area contributed by atoms with E-state index in [2.05, 4.69) is 4.52 Å². The molecule has 9 heteroatoms. The molecule has 0 aromatic heterocycles. The van der Waals surface area contributed by atoms with E-state index in [9.17, 15) is 9.36 Å². The lowest BCUT2D eigenvalue weighted by molar-refractivity contribution is -0.0153. The van der Waals surface area contributed by atoms with Gasteiger partial charge in [-0.25, -0.2) is 4.79 Å². The summed E-state index contributed by atoms with van der Waals surface area (Å²) in [4.78, 5) is 19.8. The molecule has 2 rings (SSSR count). The smallest absolute Gasteiger partial charge is 0.425 e. The Morgan fingerprint density at radius 1 is 1.50 bits per heavy atom. The Morgan fingerprint density at radius 3 is 2.75 bits per heavy atom. The van der Waals surface area contributed by atoms with Crippen molar-refractivity contribution in [1.29, 1.82) is 0 Å². The van der Waals surface area contributed by atoms with Gasteiger partial charge < -0.3 is 23.6 Å². The van der Waals surface area contributed by atoms with E-state index in [1.165, 1.54) is 0 Å². The highest BCUT2D eigenvalue weighted by atomic mass is 31.2. The van der Waals surface area contributed by atoms with Crippen LogP contribution in [0.3, 0.4) is 0 Å². The van der Waals surface area contributed by atoms with Gasteiger partial charge in [0.05, 0.1) is 12.6 Å². The first kappa shape index (κ1) is 11.9. The van der Waals surface area contributed by atoms with Crippen LogP contribution in [0.15, 0.2) is 0 Å². The van der Waals surface area contributed by atoms with E-state index in [0.717, 1.165) is 6.66 Å². The number of ether oxygens (including phenoxy) is 3. The molecular weight excluding hydrogens is 238 g/mol. The molecule has 7 nitrogen and oxygen atoms in total. The molecule has 2 saturated heterocycles. The molecular formula is C7H10BO7P. The van der Waals surface area contributed by atoms with Crippen molar-refractivity contribution in [3.05, 3.63) is 0 Å². The number of hydrogen-bond acceptors (Lipinski definition) is 6. The van der Waals surface area contributed by atoms with Crippen LogP contribution in [0, 0.1) is 0 Å². The van der Waals surface area contributed by atoms with Crippen molar-refractivity contribution in [2.24, 2.45) is 0 Å². The lowest BCUT2D eigenvalue weighted by Gasteiger charge is -2.16. The van der Waals surface area contributed by atoms with Crippen molar-refractivity contribution in [1.82, 2.24) is 0 Å². The first-order valence-electron chi connectivity index (χ1n) is 4.60. The molecule has 2 radical (unpaired) electrons. The highest BCUT2D eigenvalue weighted by molar-refractivity contribution is 7.51. The summed E-state index contributed by atoms with van der Waals surface area (Å²) in [6, 6.07) is -0.806. The first-order chi connectivity index (χ1) is 7.37. The zero-order valence-corrected chi connectivity index (χ0v) is 9.33. The number of fused-ring (bicyclic) bond motifs is 1. The van der Waals surface area contributed by atoms with Crippen molar-refractivity contribution in [2.75, 3.05) is 13.3 Å². The Kier molecular flexibility index (Phi) is 3.00. The zero-order valence-electron chi connectivity index (χ0n) is 8.44. The SMILES string of the molecule is [B]C1OC(COP(C)(=O)O)C2OC(=O)OC12.